The Labute approximate surface area is 112 Å². The molecule has 100 valence electrons. The van der Waals surface area contributed by atoms with E-state index >= 15 is 0 Å². The maximum absolute atomic E-state index is 12.2. The molecule has 0 aromatic rings. The molecule has 8 heteroatoms. The number of carboxylic acid groups (broad SMARTS) is 1. The SMILES string of the molecule is C=S1C(=S)N(CC(=O)O)C(=O)C1N1CCOCC1. The fraction of sp³-hybridized carbons (Fsp3) is 0.600. The van der Waals surface area contributed by atoms with E-state index in [1.54, 1.807) is 0 Å². The van der Waals surface area contributed by atoms with Crippen LogP contribution in [0.5, 0.6) is 0 Å². The Kier molecular flexibility index (Phi) is 4.10. The monoisotopic (exact) mass is 290 g/mol. The highest BCUT2D eigenvalue weighted by molar-refractivity contribution is 8.34. The molecule has 6 nitrogen and oxygen atoms in total. The second-order valence-electron chi connectivity index (χ2n) is 4.01. The van der Waals surface area contributed by atoms with Gasteiger partial charge in [0.2, 0.25) is 0 Å². The molecule has 2 rings (SSSR count). The van der Waals surface area contributed by atoms with Gasteiger partial charge in [-0.25, -0.2) is 0 Å². The zero-order chi connectivity index (χ0) is 13.3. The van der Waals surface area contributed by atoms with E-state index in [-0.39, 0.29) is 12.5 Å². The van der Waals surface area contributed by atoms with E-state index in [1.165, 1.54) is 0 Å². The maximum atomic E-state index is 12.2. The molecule has 0 aromatic carbocycles. The normalized spacial score (nSPS) is 29.9. The summed E-state index contributed by atoms with van der Waals surface area (Å²) in [6, 6.07) is 0. The van der Waals surface area contributed by atoms with Gasteiger partial charge in [-0.3, -0.25) is 19.4 Å². The Morgan fingerprint density at radius 3 is 2.72 bits per heavy atom. The van der Waals surface area contributed by atoms with Crippen LogP contribution in [-0.2, 0) is 14.3 Å². The highest BCUT2D eigenvalue weighted by atomic mass is 32.2. The Balaban J connectivity index is 2.16. The van der Waals surface area contributed by atoms with Crippen LogP contribution in [0.3, 0.4) is 0 Å². The van der Waals surface area contributed by atoms with Crippen LogP contribution in [0.4, 0.5) is 0 Å². The maximum Gasteiger partial charge on any atom is 0.323 e. The Hall–Kier alpha value is -0.830. The van der Waals surface area contributed by atoms with Crippen molar-refractivity contribution in [2.75, 3.05) is 32.8 Å². The topological polar surface area (TPSA) is 70.1 Å². The van der Waals surface area contributed by atoms with Gasteiger partial charge >= 0.3 is 5.97 Å². The van der Waals surface area contributed by atoms with Crippen molar-refractivity contribution in [3.63, 3.8) is 0 Å². The summed E-state index contributed by atoms with van der Waals surface area (Å²) in [5.74, 6) is 2.62. The summed E-state index contributed by atoms with van der Waals surface area (Å²) in [4.78, 5) is 26.1. The number of morpholine rings is 1. The van der Waals surface area contributed by atoms with Crippen molar-refractivity contribution >= 4 is 44.8 Å². The number of aliphatic carboxylic acids is 1. The van der Waals surface area contributed by atoms with Gasteiger partial charge in [0.1, 0.15) is 16.2 Å². The summed E-state index contributed by atoms with van der Waals surface area (Å²) >= 11 is 5.14. The van der Waals surface area contributed by atoms with Gasteiger partial charge in [-0.05, 0) is 0 Å². The van der Waals surface area contributed by atoms with Crippen molar-refractivity contribution in [3.8, 4) is 0 Å². The number of thiocarbonyl (C=S) groups is 1. The predicted molar refractivity (Wildman–Crippen MR) is 72.8 cm³/mol. The van der Waals surface area contributed by atoms with E-state index in [2.05, 4.69) is 5.87 Å². The third kappa shape index (κ3) is 2.46. The van der Waals surface area contributed by atoms with Crippen LogP contribution in [0, 0.1) is 0 Å². The minimum atomic E-state index is -1.06. The van der Waals surface area contributed by atoms with Crippen molar-refractivity contribution in [2.24, 2.45) is 0 Å². The van der Waals surface area contributed by atoms with E-state index in [1.807, 2.05) is 4.90 Å². The van der Waals surface area contributed by atoms with Gasteiger partial charge in [-0.15, -0.1) is 10.5 Å². The van der Waals surface area contributed by atoms with Gasteiger partial charge < -0.3 is 9.84 Å². The number of rotatable bonds is 3. The van der Waals surface area contributed by atoms with Crippen LogP contribution in [0.25, 0.3) is 0 Å². The molecule has 18 heavy (non-hydrogen) atoms. The quantitative estimate of drug-likeness (QED) is 0.711. The molecule has 2 aliphatic rings. The summed E-state index contributed by atoms with van der Waals surface area (Å²) in [5.41, 5.74) is 0. The van der Waals surface area contributed by atoms with E-state index in [0.717, 1.165) is 4.90 Å². The van der Waals surface area contributed by atoms with Crippen LogP contribution in [0.15, 0.2) is 0 Å². The zero-order valence-electron chi connectivity index (χ0n) is 9.70. The first-order valence-electron chi connectivity index (χ1n) is 5.44. The summed E-state index contributed by atoms with van der Waals surface area (Å²) in [6.45, 7) is 2.08. The summed E-state index contributed by atoms with van der Waals surface area (Å²) < 4.78 is 5.58. The first kappa shape index (κ1) is 13.6. The number of hydrogen-bond donors (Lipinski definition) is 1. The minimum absolute atomic E-state index is 0.248. The lowest BCUT2D eigenvalue weighted by atomic mass is 10.4. The van der Waals surface area contributed by atoms with E-state index in [4.69, 9.17) is 22.1 Å². The number of carboxylic acids is 1. The van der Waals surface area contributed by atoms with Gasteiger partial charge in [0.05, 0.1) is 13.2 Å². The molecule has 2 saturated heterocycles. The second-order valence-corrected chi connectivity index (χ2v) is 6.35. The molecule has 2 aliphatic heterocycles. The molecule has 0 radical (unpaired) electrons. The van der Waals surface area contributed by atoms with Crippen LogP contribution in [0.2, 0.25) is 0 Å². The van der Waals surface area contributed by atoms with Gasteiger partial charge in [0.25, 0.3) is 5.91 Å². The fourth-order valence-corrected chi connectivity index (χ4v) is 4.01. The average Bonchev–Trinajstić information content (AvgIpc) is 2.54. The van der Waals surface area contributed by atoms with Crippen molar-refractivity contribution in [1.82, 2.24) is 9.80 Å². The van der Waals surface area contributed by atoms with E-state index in [0.29, 0.717) is 30.6 Å². The molecular formula is C10H14N2O4S2. The van der Waals surface area contributed by atoms with Crippen LogP contribution in [-0.4, -0.2) is 75.2 Å². The molecule has 2 fully saturated rings. The smallest absolute Gasteiger partial charge is 0.323 e. The predicted octanol–water partition coefficient (Wildman–Crippen LogP) is -0.443. The minimum Gasteiger partial charge on any atom is -0.480 e. The summed E-state index contributed by atoms with van der Waals surface area (Å²) in [5, 5.41) is 8.37. The van der Waals surface area contributed by atoms with E-state index < -0.39 is 21.8 Å². The second kappa shape index (κ2) is 5.43. The highest BCUT2D eigenvalue weighted by Gasteiger charge is 2.43. The Morgan fingerprint density at radius 2 is 2.17 bits per heavy atom. The molecule has 2 atom stereocenters. The molecule has 2 unspecified atom stereocenters. The molecule has 1 N–H and O–H groups in total. The fourth-order valence-electron chi connectivity index (χ4n) is 2.01. The lowest BCUT2D eigenvalue weighted by molar-refractivity contribution is -0.142. The number of ether oxygens (including phenoxy) is 1. The van der Waals surface area contributed by atoms with Gasteiger partial charge in [0.15, 0.2) is 0 Å². The number of hydrogen-bond acceptors (Lipinski definition) is 5. The molecular weight excluding hydrogens is 276 g/mol. The first-order valence-corrected chi connectivity index (χ1v) is 7.30. The van der Waals surface area contributed by atoms with Gasteiger partial charge in [0, 0.05) is 13.1 Å². The Morgan fingerprint density at radius 1 is 1.56 bits per heavy atom. The van der Waals surface area contributed by atoms with Gasteiger partial charge in [-0.1, -0.05) is 18.1 Å². The number of nitrogens with zero attached hydrogens (tertiary/aromatic N) is 2. The molecule has 0 bridgehead atoms. The lowest BCUT2D eigenvalue weighted by Gasteiger charge is -2.31. The van der Waals surface area contributed by atoms with E-state index in [9.17, 15) is 9.59 Å². The number of amides is 1. The highest BCUT2D eigenvalue weighted by Crippen LogP contribution is 2.35. The molecule has 0 aliphatic carbocycles. The molecule has 2 heterocycles. The Bertz CT molecular complexity index is 420. The number of carbonyl (C=O) groups is 2. The molecule has 1 amide bonds. The third-order valence-electron chi connectivity index (χ3n) is 2.86. The van der Waals surface area contributed by atoms with Crippen LogP contribution >= 0.6 is 22.7 Å². The van der Waals surface area contributed by atoms with Gasteiger partial charge in [-0.2, -0.15) is 0 Å². The standard InChI is InChI=1S/C10H14N2O4S2/c1-18-9(11-2-4-16-5-3-11)8(15)12(10(18)17)6-7(13)14/h9H,1-6H2,(H,13,14). The third-order valence-corrected chi connectivity index (χ3v) is 5.43. The molecule has 0 aromatic heterocycles. The summed E-state index contributed by atoms with van der Waals surface area (Å²) in [6.07, 6.45) is 0. The molecule has 0 spiro atoms. The van der Waals surface area contributed by atoms with Crippen LogP contribution < -0.4 is 0 Å². The van der Waals surface area contributed by atoms with Crippen molar-refractivity contribution in [1.29, 1.82) is 0 Å². The number of carbonyl (C=O) groups excluding carboxylic acids is 1. The molecule has 0 saturated carbocycles. The van der Waals surface area contributed by atoms with Crippen molar-refractivity contribution in [3.05, 3.63) is 0 Å². The first-order chi connectivity index (χ1) is 8.52. The van der Waals surface area contributed by atoms with Crippen molar-refractivity contribution < 1.29 is 19.4 Å². The van der Waals surface area contributed by atoms with Crippen LogP contribution in [0.1, 0.15) is 0 Å². The zero-order valence-corrected chi connectivity index (χ0v) is 11.3. The lowest BCUT2D eigenvalue weighted by Crippen LogP contribution is -2.47. The van der Waals surface area contributed by atoms with Crippen molar-refractivity contribution in [2.45, 2.75) is 5.37 Å². The largest absolute Gasteiger partial charge is 0.480 e. The summed E-state index contributed by atoms with van der Waals surface area (Å²) in [7, 11) is -0.665. The average molecular weight is 290 g/mol.